The van der Waals surface area contributed by atoms with E-state index in [4.69, 9.17) is 4.74 Å². The number of phenolic OH excluding ortho intramolecular Hbond substituents is 2. The minimum Gasteiger partial charge on any atom is -0.504 e. The van der Waals surface area contributed by atoms with Gasteiger partial charge in [-0.1, -0.05) is 36.4 Å². The van der Waals surface area contributed by atoms with Crippen LogP contribution in [0.1, 0.15) is 11.1 Å². The van der Waals surface area contributed by atoms with Crippen molar-refractivity contribution < 1.29 is 14.9 Å². The standard InChI is InChI=1S/C19H12O3/c20-15-9-13-11-5-2-1-4-10(11)8-14(13)17(18(15)21)12-6-3-7-16-19(12)22-16/h1-7,9,20-21H,8H2. The second-order valence-electron chi connectivity index (χ2n) is 5.71. The molecule has 3 aromatic rings. The first kappa shape index (κ1) is 11.7. The summed E-state index contributed by atoms with van der Waals surface area (Å²) in [6.07, 6.45) is 0.748. The molecule has 2 aliphatic rings. The highest BCUT2D eigenvalue weighted by molar-refractivity contribution is 5.93. The summed E-state index contributed by atoms with van der Waals surface area (Å²) >= 11 is 0. The Morgan fingerprint density at radius 3 is 2.59 bits per heavy atom. The van der Waals surface area contributed by atoms with Crippen molar-refractivity contribution in [2.45, 2.75) is 6.42 Å². The minimum absolute atomic E-state index is 0.0737. The Hall–Kier alpha value is -2.94. The van der Waals surface area contributed by atoms with Gasteiger partial charge in [0.2, 0.25) is 0 Å². The van der Waals surface area contributed by atoms with Crippen LogP contribution in [0, 0.1) is 0 Å². The van der Waals surface area contributed by atoms with Gasteiger partial charge >= 0.3 is 0 Å². The van der Waals surface area contributed by atoms with Gasteiger partial charge in [-0.3, -0.25) is 0 Å². The predicted molar refractivity (Wildman–Crippen MR) is 83.5 cm³/mol. The summed E-state index contributed by atoms with van der Waals surface area (Å²) in [5.41, 5.74) is 5.88. The maximum atomic E-state index is 10.4. The van der Waals surface area contributed by atoms with Gasteiger partial charge in [0.05, 0.1) is 0 Å². The van der Waals surface area contributed by atoms with Gasteiger partial charge in [-0.2, -0.15) is 0 Å². The van der Waals surface area contributed by atoms with E-state index in [0.717, 1.165) is 40.2 Å². The number of phenols is 2. The van der Waals surface area contributed by atoms with Gasteiger partial charge in [0, 0.05) is 11.1 Å². The molecule has 3 nitrogen and oxygen atoms in total. The average Bonchev–Trinajstić information content (AvgIpc) is 3.24. The van der Waals surface area contributed by atoms with Crippen molar-refractivity contribution in [1.82, 2.24) is 0 Å². The first-order valence-electron chi connectivity index (χ1n) is 7.21. The largest absolute Gasteiger partial charge is 0.504 e. The highest BCUT2D eigenvalue weighted by Gasteiger charge is 2.32. The van der Waals surface area contributed by atoms with Gasteiger partial charge in [0.15, 0.2) is 23.0 Å². The third-order valence-corrected chi connectivity index (χ3v) is 4.48. The Balaban J connectivity index is 1.85. The molecule has 1 aliphatic carbocycles. The summed E-state index contributed by atoms with van der Waals surface area (Å²) < 4.78 is 5.46. The van der Waals surface area contributed by atoms with Crippen molar-refractivity contribution >= 4 is 0 Å². The fourth-order valence-electron chi connectivity index (χ4n) is 3.43. The Morgan fingerprint density at radius 2 is 1.68 bits per heavy atom. The Kier molecular flexibility index (Phi) is 2.03. The molecule has 1 heterocycles. The van der Waals surface area contributed by atoms with Crippen molar-refractivity contribution in [3.05, 3.63) is 59.7 Å². The number of hydrogen-bond acceptors (Lipinski definition) is 3. The molecule has 1 aliphatic heterocycles. The van der Waals surface area contributed by atoms with Crippen LogP contribution in [0.25, 0.3) is 22.3 Å². The lowest BCUT2D eigenvalue weighted by molar-refractivity contribution is 0.405. The van der Waals surface area contributed by atoms with Crippen molar-refractivity contribution in [2.24, 2.45) is 0 Å². The highest BCUT2D eigenvalue weighted by atomic mass is 16.6. The van der Waals surface area contributed by atoms with Crippen LogP contribution in [-0.4, -0.2) is 10.2 Å². The summed E-state index contributed by atoms with van der Waals surface area (Å²) in [6, 6.07) is 15.5. The van der Waals surface area contributed by atoms with Gasteiger partial charge in [0.1, 0.15) is 0 Å². The van der Waals surface area contributed by atoms with Crippen LogP contribution in [0.2, 0.25) is 0 Å². The molecule has 0 spiro atoms. The Morgan fingerprint density at radius 1 is 0.864 bits per heavy atom. The zero-order valence-corrected chi connectivity index (χ0v) is 11.6. The second kappa shape index (κ2) is 3.83. The highest BCUT2D eigenvalue weighted by Crippen LogP contribution is 2.57. The van der Waals surface area contributed by atoms with E-state index in [1.165, 1.54) is 5.56 Å². The van der Waals surface area contributed by atoms with E-state index in [-0.39, 0.29) is 11.5 Å². The summed E-state index contributed by atoms with van der Waals surface area (Å²) in [7, 11) is 0. The number of para-hydroxylation sites is 1. The Labute approximate surface area is 127 Å². The minimum atomic E-state index is -0.0938. The molecule has 5 rings (SSSR count). The molecule has 3 heteroatoms. The van der Waals surface area contributed by atoms with E-state index in [1.807, 2.05) is 30.3 Å². The molecule has 0 unspecified atom stereocenters. The monoisotopic (exact) mass is 288 g/mol. The van der Waals surface area contributed by atoms with Gasteiger partial charge in [-0.25, -0.2) is 0 Å². The van der Waals surface area contributed by atoms with Crippen molar-refractivity contribution in [3.63, 3.8) is 0 Å². The number of rotatable bonds is 1. The molecule has 0 atom stereocenters. The first-order chi connectivity index (χ1) is 10.7. The maximum Gasteiger partial charge on any atom is 0.178 e. The molecule has 0 aromatic heterocycles. The number of hydrogen-bond donors (Lipinski definition) is 2. The molecule has 106 valence electrons. The van der Waals surface area contributed by atoms with E-state index in [1.54, 1.807) is 6.07 Å². The maximum absolute atomic E-state index is 10.4. The van der Waals surface area contributed by atoms with Crippen LogP contribution in [0.5, 0.6) is 23.0 Å². The van der Waals surface area contributed by atoms with E-state index in [2.05, 4.69) is 12.1 Å². The summed E-state index contributed by atoms with van der Waals surface area (Å²) in [6.45, 7) is 0. The van der Waals surface area contributed by atoms with Gasteiger partial charge in [-0.05, 0) is 40.8 Å². The smallest absolute Gasteiger partial charge is 0.178 e. The van der Waals surface area contributed by atoms with E-state index < -0.39 is 0 Å². The average molecular weight is 288 g/mol. The summed E-state index contributed by atoms with van der Waals surface area (Å²) in [5, 5.41) is 20.6. The second-order valence-corrected chi connectivity index (χ2v) is 5.71. The lowest BCUT2D eigenvalue weighted by Gasteiger charge is -2.12. The van der Waals surface area contributed by atoms with Crippen LogP contribution in [0.3, 0.4) is 0 Å². The van der Waals surface area contributed by atoms with E-state index in [9.17, 15) is 10.2 Å². The number of ether oxygens (including phenoxy) is 1. The quantitative estimate of drug-likeness (QED) is 0.354. The zero-order valence-electron chi connectivity index (χ0n) is 11.6. The molecule has 0 saturated carbocycles. The van der Waals surface area contributed by atoms with Gasteiger partial charge in [0.25, 0.3) is 0 Å². The molecule has 0 bridgehead atoms. The van der Waals surface area contributed by atoms with E-state index in [0.29, 0.717) is 5.56 Å². The summed E-state index contributed by atoms with van der Waals surface area (Å²) in [5.74, 6) is 1.46. The SMILES string of the molecule is Oc1cc2c(c(-c3cccc4c3O4)c1O)Cc1ccccc1-2. The molecule has 3 aromatic carbocycles. The van der Waals surface area contributed by atoms with Gasteiger partial charge in [-0.15, -0.1) is 0 Å². The fraction of sp³-hybridized carbons (Fsp3) is 0.0526. The normalized spacial score (nSPS) is 13.1. The number of aromatic hydroxyl groups is 2. The molecule has 0 amide bonds. The van der Waals surface area contributed by atoms with Crippen molar-refractivity contribution in [1.29, 1.82) is 0 Å². The third kappa shape index (κ3) is 1.40. The molecule has 22 heavy (non-hydrogen) atoms. The predicted octanol–water partition coefficient (Wildman–Crippen LogP) is 4.44. The fourth-order valence-corrected chi connectivity index (χ4v) is 3.43. The zero-order chi connectivity index (χ0) is 14.8. The van der Waals surface area contributed by atoms with Crippen molar-refractivity contribution in [2.75, 3.05) is 0 Å². The molecule has 0 fully saturated rings. The van der Waals surface area contributed by atoms with Crippen molar-refractivity contribution in [3.8, 4) is 45.3 Å². The van der Waals surface area contributed by atoms with Gasteiger partial charge < -0.3 is 14.9 Å². The summed E-state index contributed by atoms with van der Waals surface area (Å²) in [4.78, 5) is 0. The first-order valence-corrected chi connectivity index (χ1v) is 7.21. The van der Waals surface area contributed by atoms with Crippen LogP contribution < -0.4 is 4.74 Å². The molecule has 0 saturated heterocycles. The Bertz CT molecular complexity index is 957. The van der Waals surface area contributed by atoms with Crippen LogP contribution in [0.15, 0.2) is 48.5 Å². The van der Waals surface area contributed by atoms with E-state index >= 15 is 0 Å². The molecule has 2 N–H and O–H groups in total. The number of fused-ring (bicyclic) bond motifs is 4. The molecule has 0 radical (unpaired) electrons. The van der Waals surface area contributed by atoms with Crippen LogP contribution in [0.4, 0.5) is 0 Å². The van der Waals surface area contributed by atoms with Crippen LogP contribution >= 0.6 is 0 Å². The lowest BCUT2D eigenvalue weighted by atomic mass is 9.94. The lowest BCUT2D eigenvalue weighted by Crippen LogP contribution is -1.89. The number of benzene rings is 3. The molecular formula is C19H12O3. The molecular weight excluding hydrogens is 276 g/mol. The topological polar surface area (TPSA) is 53.0 Å². The third-order valence-electron chi connectivity index (χ3n) is 4.48. The van der Waals surface area contributed by atoms with Crippen LogP contribution in [-0.2, 0) is 6.42 Å².